The maximum absolute atomic E-state index is 13.2. The van der Waals surface area contributed by atoms with Gasteiger partial charge in [0.1, 0.15) is 0 Å². The topological polar surface area (TPSA) is 123 Å². The van der Waals surface area contributed by atoms with Crippen molar-refractivity contribution in [3.63, 3.8) is 0 Å². The third kappa shape index (κ3) is 4.89. The third-order valence-electron chi connectivity index (χ3n) is 5.48. The van der Waals surface area contributed by atoms with Crippen molar-refractivity contribution in [1.82, 2.24) is 9.47 Å². The minimum atomic E-state index is -0.527. The minimum Gasteiger partial charge on any atom is -0.408 e. The Morgan fingerprint density at radius 1 is 1.18 bits per heavy atom. The Hall–Kier alpha value is -3.70. The Bertz CT molecular complexity index is 1240. The molecule has 174 valence electrons. The Labute approximate surface area is 189 Å². The van der Waals surface area contributed by atoms with Gasteiger partial charge < -0.3 is 24.3 Å². The number of nitrogens with zero attached hydrogens (tertiary/aromatic N) is 4. The standard InChI is InChI=1S/C22H25N5O6/c1-24(2)7-8-26-19-13-15(3-6-20(19)33-22(26)29)23-21(28)17-14-16(27(30)31)4-5-18(17)25-9-11-32-12-10-25/h3-6,13-14H,7-12H2,1-2H3,(H,23,28). The lowest BCUT2D eigenvalue weighted by Crippen LogP contribution is -2.37. The highest BCUT2D eigenvalue weighted by molar-refractivity contribution is 6.09. The van der Waals surface area contributed by atoms with E-state index in [0.29, 0.717) is 61.9 Å². The van der Waals surface area contributed by atoms with Crippen LogP contribution >= 0.6 is 0 Å². The molecular formula is C22H25N5O6. The number of anilines is 2. The molecule has 0 unspecified atom stereocenters. The first-order chi connectivity index (χ1) is 15.8. The number of nitro groups is 1. The first-order valence-corrected chi connectivity index (χ1v) is 10.5. The second-order valence-electron chi connectivity index (χ2n) is 8.02. The van der Waals surface area contributed by atoms with Gasteiger partial charge in [-0.15, -0.1) is 0 Å². The zero-order valence-corrected chi connectivity index (χ0v) is 18.4. The van der Waals surface area contributed by atoms with Crippen LogP contribution in [0.3, 0.4) is 0 Å². The van der Waals surface area contributed by atoms with Crippen molar-refractivity contribution in [2.45, 2.75) is 6.54 Å². The Morgan fingerprint density at radius 2 is 1.94 bits per heavy atom. The van der Waals surface area contributed by atoms with Gasteiger partial charge in [-0.3, -0.25) is 19.5 Å². The summed E-state index contributed by atoms with van der Waals surface area (Å²) in [6.07, 6.45) is 0. The summed E-state index contributed by atoms with van der Waals surface area (Å²) >= 11 is 0. The van der Waals surface area contributed by atoms with Crippen LogP contribution < -0.4 is 16.0 Å². The SMILES string of the molecule is CN(C)CCn1c(=O)oc2ccc(NC(=O)c3cc([N+](=O)[O-])ccc3N3CCOCC3)cc21. The largest absolute Gasteiger partial charge is 0.419 e. The van der Waals surface area contributed by atoms with E-state index in [1.54, 1.807) is 24.3 Å². The number of likely N-dealkylation sites (N-methyl/N-ethyl adjacent to an activating group) is 1. The molecule has 0 radical (unpaired) electrons. The molecule has 0 atom stereocenters. The van der Waals surface area contributed by atoms with Crippen LogP contribution in [0, 0.1) is 10.1 Å². The minimum absolute atomic E-state index is 0.167. The fourth-order valence-electron chi connectivity index (χ4n) is 3.75. The van der Waals surface area contributed by atoms with Gasteiger partial charge in [0.15, 0.2) is 5.58 Å². The van der Waals surface area contributed by atoms with Gasteiger partial charge >= 0.3 is 5.76 Å². The number of nitrogens with one attached hydrogen (secondary N) is 1. The van der Waals surface area contributed by atoms with E-state index < -0.39 is 16.6 Å². The first kappa shape index (κ1) is 22.5. The van der Waals surface area contributed by atoms with Crippen LogP contribution in [0.2, 0.25) is 0 Å². The van der Waals surface area contributed by atoms with E-state index in [2.05, 4.69) is 5.32 Å². The molecule has 0 saturated carbocycles. The van der Waals surface area contributed by atoms with Gasteiger partial charge in [-0.1, -0.05) is 0 Å². The van der Waals surface area contributed by atoms with Crippen LogP contribution in [-0.4, -0.2) is 67.2 Å². The van der Waals surface area contributed by atoms with Crippen molar-refractivity contribution in [2.24, 2.45) is 0 Å². The predicted molar refractivity (Wildman–Crippen MR) is 123 cm³/mol. The molecule has 11 nitrogen and oxygen atoms in total. The van der Waals surface area contributed by atoms with Crippen LogP contribution in [-0.2, 0) is 11.3 Å². The number of amides is 1. The smallest absolute Gasteiger partial charge is 0.408 e. The number of aromatic nitrogens is 1. The number of morpholine rings is 1. The van der Waals surface area contributed by atoms with E-state index in [1.165, 1.54) is 16.7 Å². The van der Waals surface area contributed by atoms with Gasteiger partial charge in [-0.25, -0.2) is 4.79 Å². The van der Waals surface area contributed by atoms with E-state index in [4.69, 9.17) is 9.15 Å². The lowest BCUT2D eigenvalue weighted by atomic mass is 10.1. The summed E-state index contributed by atoms with van der Waals surface area (Å²) in [5.74, 6) is -0.950. The molecular weight excluding hydrogens is 430 g/mol. The van der Waals surface area contributed by atoms with Crippen molar-refractivity contribution in [3.05, 3.63) is 62.6 Å². The van der Waals surface area contributed by atoms with Crippen molar-refractivity contribution in [1.29, 1.82) is 0 Å². The van der Waals surface area contributed by atoms with E-state index in [-0.39, 0.29) is 11.3 Å². The van der Waals surface area contributed by atoms with E-state index in [1.807, 2.05) is 23.9 Å². The normalized spacial score (nSPS) is 14.1. The summed E-state index contributed by atoms with van der Waals surface area (Å²) in [6.45, 7) is 3.26. The summed E-state index contributed by atoms with van der Waals surface area (Å²) < 4.78 is 12.2. The Morgan fingerprint density at radius 3 is 2.64 bits per heavy atom. The number of hydrogen-bond acceptors (Lipinski definition) is 8. The number of nitro benzene ring substituents is 1. The van der Waals surface area contributed by atoms with Crippen LogP contribution in [0.25, 0.3) is 11.1 Å². The van der Waals surface area contributed by atoms with Gasteiger partial charge in [-0.05, 0) is 38.4 Å². The second kappa shape index (κ2) is 9.43. The molecule has 2 heterocycles. The van der Waals surface area contributed by atoms with E-state index >= 15 is 0 Å². The molecule has 11 heteroatoms. The molecule has 1 aliphatic rings. The highest BCUT2D eigenvalue weighted by atomic mass is 16.6. The number of rotatable bonds is 7. The number of non-ortho nitro benzene ring substituents is 1. The number of carbonyl (C=O) groups is 1. The van der Waals surface area contributed by atoms with Crippen molar-refractivity contribution in [3.8, 4) is 0 Å². The molecule has 1 saturated heterocycles. The summed E-state index contributed by atoms with van der Waals surface area (Å²) in [4.78, 5) is 40.1. The maximum atomic E-state index is 13.2. The Kier molecular flexibility index (Phi) is 6.43. The highest BCUT2D eigenvalue weighted by Crippen LogP contribution is 2.28. The fourth-order valence-corrected chi connectivity index (χ4v) is 3.75. The lowest BCUT2D eigenvalue weighted by Gasteiger charge is -2.30. The van der Waals surface area contributed by atoms with Gasteiger partial charge in [0, 0.05) is 44.0 Å². The summed E-state index contributed by atoms with van der Waals surface area (Å²) in [7, 11) is 3.81. The molecule has 1 aromatic heterocycles. The van der Waals surface area contributed by atoms with Crippen LogP contribution in [0.4, 0.5) is 17.1 Å². The number of oxazole rings is 1. The average Bonchev–Trinajstić information content (AvgIpc) is 3.12. The number of benzene rings is 2. The monoisotopic (exact) mass is 455 g/mol. The molecule has 1 N–H and O–H groups in total. The molecule has 1 fully saturated rings. The fraction of sp³-hybridized carbons (Fsp3) is 0.364. The summed E-state index contributed by atoms with van der Waals surface area (Å²) in [6, 6.07) is 9.18. The van der Waals surface area contributed by atoms with E-state index in [9.17, 15) is 19.7 Å². The molecule has 2 aromatic carbocycles. The third-order valence-corrected chi connectivity index (χ3v) is 5.48. The molecule has 33 heavy (non-hydrogen) atoms. The molecule has 3 aromatic rings. The second-order valence-corrected chi connectivity index (χ2v) is 8.02. The number of carbonyl (C=O) groups excluding carboxylic acids is 1. The van der Waals surface area contributed by atoms with Crippen molar-refractivity contribution >= 4 is 34.1 Å². The molecule has 4 rings (SSSR count). The molecule has 0 aliphatic carbocycles. The number of ether oxygens (including phenoxy) is 1. The zero-order valence-electron chi connectivity index (χ0n) is 18.4. The highest BCUT2D eigenvalue weighted by Gasteiger charge is 2.22. The molecule has 0 bridgehead atoms. The quantitative estimate of drug-likeness (QED) is 0.425. The molecule has 1 amide bonds. The van der Waals surface area contributed by atoms with Crippen molar-refractivity contribution in [2.75, 3.05) is 57.2 Å². The molecule has 1 aliphatic heterocycles. The first-order valence-electron chi connectivity index (χ1n) is 10.5. The predicted octanol–water partition coefficient (Wildman–Crippen LogP) is 2.15. The summed E-state index contributed by atoms with van der Waals surface area (Å²) in [5.41, 5.74) is 2.07. The summed E-state index contributed by atoms with van der Waals surface area (Å²) in [5, 5.41) is 14.1. The Balaban J connectivity index is 1.66. The van der Waals surface area contributed by atoms with Gasteiger partial charge in [0.2, 0.25) is 0 Å². The zero-order chi connectivity index (χ0) is 23.5. The van der Waals surface area contributed by atoms with Crippen LogP contribution in [0.1, 0.15) is 10.4 Å². The average molecular weight is 455 g/mol. The van der Waals surface area contributed by atoms with Crippen molar-refractivity contribution < 1.29 is 18.9 Å². The molecule has 0 spiro atoms. The van der Waals surface area contributed by atoms with Gasteiger partial charge in [0.25, 0.3) is 11.6 Å². The lowest BCUT2D eigenvalue weighted by molar-refractivity contribution is -0.384. The van der Waals surface area contributed by atoms with Crippen LogP contribution in [0.15, 0.2) is 45.6 Å². The van der Waals surface area contributed by atoms with Gasteiger partial charge in [-0.2, -0.15) is 0 Å². The number of fused-ring (bicyclic) bond motifs is 1. The maximum Gasteiger partial charge on any atom is 0.419 e. The van der Waals surface area contributed by atoms with Crippen LogP contribution in [0.5, 0.6) is 0 Å². The number of hydrogen-bond donors (Lipinski definition) is 1. The van der Waals surface area contributed by atoms with E-state index in [0.717, 1.165) is 0 Å². The van der Waals surface area contributed by atoms with Gasteiger partial charge in [0.05, 0.1) is 34.9 Å².